The third kappa shape index (κ3) is 4.91. The van der Waals surface area contributed by atoms with Gasteiger partial charge in [-0.2, -0.15) is 9.97 Å². The normalized spacial score (nSPS) is 11.5. The number of halogens is 2. The molecule has 1 aromatic carbocycles. The fraction of sp³-hybridized carbons (Fsp3) is 0.227. The first-order chi connectivity index (χ1) is 16.2. The molecule has 3 N–H and O–H groups in total. The number of hydrogen-bond acceptors (Lipinski definition) is 8. The van der Waals surface area contributed by atoms with Gasteiger partial charge in [-0.05, 0) is 35.9 Å². The third-order valence-electron chi connectivity index (χ3n) is 5.03. The van der Waals surface area contributed by atoms with Crippen molar-refractivity contribution in [3.8, 4) is 0 Å². The van der Waals surface area contributed by atoms with Crippen LogP contribution in [0.2, 0.25) is 5.28 Å². The Bertz CT molecular complexity index is 1370. The second-order valence-electron chi connectivity index (χ2n) is 7.34. The molecule has 5 aromatic rings. The summed E-state index contributed by atoms with van der Waals surface area (Å²) in [6, 6.07) is 10.8. The topological polar surface area (TPSA) is 117 Å². The van der Waals surface area contributed by atoms with Crippen molar-refractivity contribution in [3.63, 3.8) is 0 Å². The number of pyridine rings is 1. The van der Waals surface area contributed by atoms with Gasteiger partial charge in [-0.15, -0.1) is 0 Å². The van der Waals surface area contributed by atoms with Gasteiger partial charge in [0.25, 0.3) is 5.71 Å². The molecule has 11 heteroatoms. The van der Waals surface area contributed by atoms with E-state index in [1.165, 1.54) is 18.3 Å². The first-order valence-electron chi connectivity index (χ1n) is 10.5. The highest BCUT2D eigenvalue weighted by Gasteiger charge is 2.15. The number of H-pyrrole nitrogens is 1. The molecule has 0 bridgehead atoms. The maximum atomic E-state index is 13.8. The second kappa shape index (κ2) is 9.47. The van der Waals surface area contributed by atoms with Gasteiger partial charge in [0, 0.05) is 32.1 Å². The maximum absolute atomic E-state index is 13.8. The Morgan fingerprint density at radius 1 is 1.00 bits per heavy atom. The Labute approximate surface area is 192 Å². The number of nitrogens with one attached hydrogen (secondary N) is 3. The first kappa shape index (κ1) is 21.2. The van der Waals surface area contributed by atoms with Crippen LogP contribution in [0.25, 0.3) is 22.3 Å². The molecule has 0 saturated carbocycles. The van der Waals surface area contributed by atoms with E-state index in [1.54, 1.807) is 0 Å². The number of imidazole rings is 1. The van der Waals surface area contributed by atoms with Gasteiger partial charge in [0.05, 0.1) is 23.3 Å². The lowest BCUT2D eigenvalue weighted by Gasteiger charge is -2.06. The lowest BCUT2D eigenvalue weighted by molar-refractivity contribution is 0.508. The molecular formula is C22H20ClFN8O. The van der Waals surface area contributed by atoms with Crippen molar-refractivity contribution in [3.05, 3.63) is 71.1 Å². The van der Waals surface area contributed by atoms with Gasteiger partial charge in [0.2, 0.25) is 5.28 Å². The van der Waals surface area contributed by atoms with Gasteiger partial charge in [0.15, 0.2) is 17.2 Å². The summed E-state index contributed by atoms with van der Waals surface area (Å²) in [6.45, 7) is 1.55. The molecule has 0 unspecified atom stereocenters. The summed E-state index contributed by atoms with van der Waals surface area (Å²) in [5, 5.41) is 6.39. The molecule has 4 aromatic heterocycles. The molecule has 5 rings (SSSR count). The molecule has 0 spiro atoms. The van der Waals surface area contributed by atoms with Gasteiger partial charge < -0.3 is 20.0 Å². The van der Waals surface area contributed by atoms with Crippen molar-refractivity contribution in [1.82, 2.24) is 35.2 Å². The minimum absolute atomic E-state index is 0.0122. The summed E-state index contributed by atoms with van der Waals surface area (Å²) in [6.07, 6.45) is 2.86. The predicted octanol–water partition coefficient (Wildman–Crippen LogP) is 3.67. The summed E-state index contributed by atoms with van der Waals surface area (Å²) in [7, 11) is 0. The van der Waals surface area contributed by atoms with E-state index in [4.69, 9.17) is 16.0 Å². The van der Waals surface area contributed by atoms with Crippen molar-refractivity contribution in [1.29, 1.82) is 0 Å². The van der Waals surface area contributed by atoms with Crippen LogP contribution in [-0.2, 0) is 19.4 Å². The highest BCUT2D eigenvalue weighted by Crippen LogP contribution is 2.23. The summed E-state index contributed by atoms with van der Waals surface area (Å²) >= 11 is 6.02. The largest absolute Gasteiger partial charge is 0.422 e. The van der Waals surface area contributed by atoms with Crippen molar-refractivity contribution >= 4 is 39.7 Å². The molecule has 0 aliphatic rings. The van der Waals surface area contributed by atoms with Crippen LogP contribution in [0, 0.1) is 5.82 Å². The molecule has 0 atom stereocenters. The van der Waals surface area contributed by atoms with E-state index < -0.39 is 5.82 Å². The predicted molar refractivity (Wildman–Crippen MR) is 123 cm³/mol. The maximum Gasteiger partial charge on any atom is 0.253 e. The molecule has 0 aliphatic carbocycles. The summed E-state index contributed by atoms with van der Waals surface area (Å²) < 4.78 is 19.6. The molecule has 0 fully saturated rings. The van der Waals surface area contributed by atoms with Crippen LogP contribution in [0.4, 0.5) is 10.2 Å². The summed E-state index contributed by atoms with van der Waals surface area (Å²) in [4.78, 5) is 24.7. The van der Waals surface area contributed by atoms with Crippen LogP contribution in [0.15, 0.2) is 47.0 Å². The number of nitrogens with zero attached hydrogens (tertiary/aromatic N) is 5. The van der Waals surface area contributed by atoms with Gasteiger partial charge in [-0.1, -0.05) is 12.1 Å². The molecule has 168 valence electrons. The molecule has 0 aliphatic heterocycles. The minimum atomic E-state index is -0.407. The van der Waals surface area contributed by atoms with Crippen molar-refractivity contribution in [2.75, 3.05) is 18.4 Å². The Kier molecular flexibility index (Phi) is 6.09. The number of aromatic amines is 1. The van der Waals surface area contributed by atoms with Gasteiger partial charge in [0.1, 0.15) is 11.6 Å². The fourth-order valence-corrected chi connectivity index (χ4v) is 3.60. The summed E-state index contributed by atoms with van der Waals surface area (Å²) in [5.74, 6) is 1.40. The number of fused-ring (bicyclic) bond motifs is 2. The smallest absolute Gasteiger partial charge is 0.253 e. The van der Waals surface area contributed by atoms with Crippen molar-refractivity contribution in [2.45, 2.75) is 19.4 Å². The van der Waals surface area contributed by atoms with Crippen LogP contribution in [0.1, 0.15) is 17.4 Å². The van der Waals surface area contributed by atoms with E-state index >= 15 is 0 Å². The average Bonchev–Trinajstić information content (AvgIpc) is 3.41. The van der Waals surface area contributed by atoms with Crippen LogP contribution < -0.4 is 10.6 Å². The lowest BCUT2D eigenvalue weighted by atomic mass is 10.3. The van der Waals surface area contributed by atoms with E-state index in [9.17, 15) is 4.39 Å². The molecule has 9 nitrogen and oxygen atoms in total. The van der Waals surface area contributed by atoms with E-state index in [-0.39, 0.29) is 23.2 Å². The van der Waals surface area contributed by atoms with Crippen LogP contribution >= 0.6 is 11.6 Å². The molecular weight excluding hydrogens is 447 g/mol. The van der Waals surface area contributed by atoms with E-state index in [2.05, 4.69) is 40.5 Å². The SMILES string of the molecule is Fc1cccnc1CNc1nc(Cl)nc2oc(CCNCCc3nc4ccccc4[nH]3)nc12. The molecule has 33 heavy (non-hydrogen) atoms. The molecule has 0 amide bonds. The second-order valence-corrected chi connectivity index (χ2v) is 7.68. The minimum Gasteiger partial charge on any atom is -0.422 e. The number of aromatic nitrogens is 6. The average molecular weight is 467 g/mol. The highest BCUT2D eigenvalue weighted by atomic mass is 35.5. The molecule has 0 radical (unpaired) electrons. The zero-order chi connectivity index (χ0) is 22.6. The van der Waals surface area contributed by atoms with Crippen LogP contribution in [0.3, 0.4) is 0 Å². The Hall–Kier alpha value is -3.63. The molecule has 0 saturated heterocycles. The zero-order valence-corrected chi connectivity index (χ0v) is 18.2. The monoisotopic (exact) mass is 466 g/mol. The summed E-state index contributed by atoms with van der Waals surface area (Å²) in [5.41, 5.74) is 2.98. The Morgan fingerprint density at radius 2 is 1.88 bits per heavy atom. The number of anilines is 1. The van der Waals surface area contributed by atoms with Gasteiger partial charge in [-0.3, -0.25) is 4.98 Å². The van der Waals surface area contributed by atoms with E-state index in [0.29, 0.717) is 30.2 Å². The van der Waals surface area contributed by atoms with Gasteiger partial charge >= 0.3 is 0 Å². The standard InChI is InChI=1S/C22H20ClFN8O/c23-22-31-20(27-12-16-13(24)4-3-9-26-16)19-21(32-22)33-18(30-19)8-11-25-10-7-17-28-14-5-1-2-6-15(14)29-17/h1-6,9,25H,7-8,10-12H2,(H,28,29)(H,27,31,32). The third-order valence-corrected chi connectivity index (χ3v) is 5.20. The van der Waals surface area contributed by atoms with Crippen LogP contribution in [-0.4, -0.2) is 43.0 Å². The number of hydrogen-bond donors (Lipinski definition) is 3. The lowest BCUT2D eigenvalue weighted by Crippen LogP contribution is -2.20. The van der Waals surface area contributed by atoms with Crippen molar-refractivity contribution < 1.29 is 8.81 Å². The number of oxazole rings is 1. The quantitative estimate of drug-likeness (QED) is 0.222. The molecule has 4 heterocycles. The number of rotatable bonds is 9. The Morgan fingerprint density at radius 3 is 2.76 bits per heavy atom. The first-order valence-corrected chi connectivity index (χ1v) is 10.8. The van der Waals surface area contributed by atoms with Crippen molar-refractivity contribution in [2.24, 2.45) is 0 Å². The number of para-hydroxylation sites is 2. The van der Waals surface area contributed by atoms with Crippen LogP contribution in [0.5, 0.6) is 0 Å². The Balaban J connectivity index is 1.18. The zero-order valence-electron chi connectivity index (χ0n) is 17.5. The fourth-order valence-electron chi connectivity index (χ4n) is 3.44. The van der Waals surface area contributed by atoms with E-state index in [0.717, 1.165) is 29.8 Å². The van der Waals surface area contributed by atoms with E-state index in [1.807, 2.05) is 24.3 Å². The number of benzene rings is 1. The highest BCUT2D eigenvalue weighted by molar-refractivity contribution is 6.28. The van der Waals surface area contributed by atoms with Gasteiger partial charge in [-0.25, -0.2) is 14.4 Å².